The number of benzene rings is 1. The fourth-order valence-corrected chi connectivity index (χ4v) is 2.95. The van der Waals surface area contributed by atoms with Gasteiger partial charge in [-0.15, -0.1) is 0 Å². The van der Waals surface area contributed by atoms with E-state index in [1.54, 1.807) is 18.1 Å². The summed E-state index contributed by atoms with van der Waals surface area (Å²) >= 11 is 0. The van der Waals surface area contributed by atoms with Gasteiger partial charge in [0.1, 0.15) is 0 Å². The maximum atomic E-state index is 12.4. The number of rotatable bonds is 3. The lowest BCUT2D eigenvalue weighted by atomic mass is 10.1. The second kappa shape index (κ2) is 5.98. The summed E-state index contributed by atoms with van der Waals surface area (Å²) in [6.45, 7) is 0.401. The zero-order valence-corrected chi connectivity index (χ0v) is 12.5. The van der Waals surface area contributed by atoms with Gasteiger partial charge in [-0.1, -0.05) is 12.1 Å². The number of para-hydroxylation sites is 2. The van der Waals surface area contributed by atoms with Gasteiger partial charge in [-0.2, -0.15) is 0 Å². The maximum absolute atomic E-state index is 12.4. The molecule has 1 aromatic carbocycles. The van der Waals surface area contributed by atoms with Gasteiger partial charge in [-0.25, -0.2) is 4.98 Å². The third-order valence-corrected chi connectivity index (χ3v) is 4.20. The van der Waals surface area contributed by atoms with Crippen molar-refractivity contribution in [3.05, 3.63) is 36.2 Å². The first-order valence-corrected chi connectivity index (χ1v) is 7.44. The van der Waals surface area contributed by atoms with E-state index in [-0.39, 0.29) is 17.9 Å². The Hall–Kier alpha value is -2.05. The Morgan fingerprint density at radius 2 is 2.09 bits per heavy atom. The van der Waals surface area contributed by atoms with E-state index in [1.165, 1.54) is 0 Å². The van der Waals surface area contributed by atoms with Crippen LogP contribution in [0.1, 0.15) is 18.5 Å². The molecule has 116 valence electrons. The molecule has 0 radical (unpaired) electrons. The predicted octanol–water partition coefficient (Wildman–Crippen LogP) is 0.686. The van der Waals surface area contributed by atoms with Crippen LogP contribution < -0.4 is 5.73 Å². The smallest absolute Gasteiger partial charge is 0.225 e. The van der Waals surface area contributed by atoms with E-state index in [9.17, 15) is 9.90 Å². The summed E-state index contributed by atoms with van der Waals surface area (Å²) in [5, 5.41) is 9.69. The van der Waals surface area contributed by atoms with Gasteiger partial charge in [-0.3, -0.25) is 9.78 Å². The summed E-state index contributed by atoms with van der Waals surface area (Å²) < 4.78 is 0. The van der Waals surface area contributed by atoms with Crippen LogP contribution in [0.25, 0.3) is 11.0 Å². The molecule has 0 spiro atoms. The second-order valence-electron chi connectivity index (χ2n) is 5.94. The minimum absolute atomic E-state index is 0.00181. The summed E-state index contributed by atoms with van der Waals surface area (Å²) in [7, 11) is 1.75. The third kappa shape index (κ3) is 2.93. The zero-order valence-electron chi connectivity index (χ0n) is 12.5. The highest BCUT2D eigenvalue weighted by atomic mass is 16.3. The molecule has 3 N–H and O–H groups in total. The molecule has 1 aliphatic rings. The van der Waals surface area contributed by atoms with Crippen LogP contribution in [0.4, 0.5) is 0 Å². The highest BCUT2D eigenvalue weighted by Gasteiger charge is 2.36. The van der Waals surface area contributed by atoms with Gasteiger partial charge in [0.05, 0.1) is 35.6 Å². The minimum atomic E-state index is -0.581. The van der Waals surface area contributed by atoms with Gasteiger partial charge in [0.25, 0.3) is 0 Å². The summed E-state index contributed by atoms with van der Waals surface area (Å²) in [5.41, 5.74) is 8.18. The van der Waals surface area contributed by atoms with E-state index in [1.807, 2.05) is 24.3 Å². The molecule has 1 amide bonds. The summed E-state index contributed by atoms with van der Waals surface area (Å²) in [6, 6.07) is 7.34. The summed E-state index contributed by atoms with van der Waals surface area (Å²) in [5.74, 6) is -0.203. The van der Waals surface area contributed by atoms with Crippen molar-refractivity contribution in [2.45, 2.75) is 31.5 Å². The molecule has 0 unspecified atom stereocenters. The minimum Gasteiger partial charge on any atom is -0.391 e. The van der Waals surface area contributed by atoms with Crippen molar-refractivity contribution in [1.82, 2.24) is 14.9 Å². The van der Waals surface area contributed by atoms with Crippen LogP contribution in [0.5, 0.6) is 0 Å². The number of aliphatic hydroxyl groups excluding tert-OH is 1. The number of nitrogens with two attached hydrogens (primary N) is 1. The molecule has 0 saturated heterocycles. The third-order valence-electron chi connectivity index (χ3n) is 4.20. The van der Waals surface area contributed by atoms with Crippen molar-refractivity contribution in [2.75, 3.05) is 7.05 Å². The summed E-state index contributed by atoms with van der Waals surface area (Å²) in [6.07, 6.45) is 2.09. The first-order valence-electron chi connectivity index (χ1n) is 7.44. The highest BCUT2D eigenvalue weighted by Crippen LogP contribution is 2.26. The molecule has 1 aliphatic carbocycles. The molecule has 22 heavy (non-hydrogen) atoms. The van der Waals surface area contributed by atoms with Crippen LogP contribution in [0.3, 0.4) is 0 Å². The number of hydrogen-bond acceptors (Lipinski definition) is 5. The molecule has 1 aromatic heterocycles. The van der Waals surface area contributed by atoms with Crippen LogP contribution in [-0.2, 0) is 11.3 Å². The van der Waals surface area contributed by atoms with E-state index in [0.717, 1.165) is 16.7 Å². The van der Waals surface area contributed by atoms with Crippen molar-refractivity contribution in [1.29, 1.82) is 0 Å². The van der Waals surface area contributed by atoms with Crippen molar-refractivity contribution in [2.24, 2.45) is 11.7 Å². The average molecular weight is 300 g/mol. The SMILES string of the molecule is CN(Cc1cnc2ccccc2n1)C(=O)[C@H]1C[C@@H](N)[C@H](O)C1. The van der Waals surface area contributed by atoms with Crippen LogP contribution in [0, 0.1) is 5.92 Å². The van der Waals surface area contributed by atoms with Gasteiger partial charge in [0.15, 0.2) is 0 Å². The lowest BCUT2D eigenvalue weighted by Gasteiger charge is -2.20. The normalized spacial score (nSPS) is 24.6. The van der Waals surface area contributed by atoms with Crippen LogP contribution >= 0.6 is 0 Å². The van der Waals surface area contributed by atoms with E-state index in [4.69, 9.17) is 5.73 Å². The van der Waals surface area contributed by atoms with E-state index in [2.05, 4.69) is 9.97 Å². The quantitative estimate of drug-likeness (QED) is 0.870. The number of nitrogens with zero attached hydrogens (tertiary/aromatic N) is 3. The fraction of sp³-hybridized carbons (Fsp3) is 0.438. The zero-order chi connectivity index (χ0) is 15.7. The number of carbonyl (C=O) groups is 1. The molecule has 6 nitrogen and oxygen atoms in total. The Kier molecular flexibility index (Phi) is 4.04. The number of aliphatic hydroxyl groups is 1. The molecule has 6 heteroatoms. The van der Waals surface area contributed by atoms with Gasteiger partial charge >= 0.3 is 0 Å². The average Bonchev–Trinajstić information content (AvgIpc) is 2.85. The number of fused-ring (bicyclic) bond motifs is 1. The topological polar surface area (TPSA) is 92.3 Å². The fourth-order valence-electron chi connectivity index (χ4n) is 2.95. The molecule has 1 fully saturated rings. The molecule has 3 atom stereocenters. The van der Waals surface area contributed by atoms with Crippen LogP contribution in [0.15, 0.2) is 30.5 Å². The first-order chi connectivity index (χ1) is 10.5. The molecule has 1 saturated carbocycles. The second-order valence-corrected chi connectivity index (χ2v) is 5.94. The molecule has 0 bridgehead atoms. The highest BCUT2D eigenvalue weighted by molar-refractivity contribution is 5.79. The molecular weight excluding hydrogens is 280 g/mol. The number of amides is 1. The Morgan fingerprint density at radius 3 is 2.77 bits per heavy atom. The standard InChI is InChI=1S/C16H20N4O2/c1-20(16(22)10-6-12(17)15(21)7-10)9-11-8-18-13-4-2-3-5-14(13)19-11/h2-5,8,10,12,15,21H,6-7,9,17H2,1H3/t10-,12+,15+/m0/s1. The monoisotopic (exact) mass is 300 g/mol. The first kappa shape index (κ1) is 14.9. The van der Waals surface area contributed by atoms with E-state index >= 15 is 0 Å². The Labute approximate surface area is 129 Å². The van der Waals surface area contributed by atoms with Crippen molar-refractivity contribution < 1.29 is 9.90 Å². The largest absolute Gasteiger partial charge is 0.391 e. The number of carbonyl (C=O) groups excluding carboxylic acids is 1. The van der Waals surface area contributed by atoms with E-state index < -0.39 is 6.10 Å². The lowest BCUT2D eigenvalue weighted by Crippen LogP contribution is -2.32. The van der Waals surface area contributed by atoms with Crippen LogP contribution in [0.2, 0.25) is 0 Å². The van der Waals surface area contributed by atoms with Gasteiger partial charge < -0.3 is 15.7 Å². The van der Waals surface area contributed by atoms with Gasteiger partial charge in [-0.05, 0) is 25.0 Å². The molecule has 0 aliphatic heterocycles. The lowest BCUT2D eigenvalue weighted by molar-refractivity contribution is -0.134. The number of hydrogen-bond donors (Lipinski definition) is 2. The Balaban J connectivity index is 1.70. The molecule has 1 heterocycles. The molecule has 3 rings (SSSR count). The van der Waals surface area contributed by atoms with Crippen molar-refractivity contribution in [3.8, 4) is 0 Å². The Bertz CT molecular complexity index is 681. The van der Waals surface area contributed by atoms with Gasteiger partial charge in [0, 0.05) is 19.0 Å². The van der Waals surface area contributed by atoms with E-state index in [0.29, 0.717) is 19.4 Å². The molecular formula is C16H20N4O2. The Morgan fingerprint density at radius 1 is 1.36 bits per heavy atom. The van der Waals surface area contributed by atoms with Crippen molar-refractivity contribution in [3.63, 3.8) is 0 Å². The predicted molar refractivity (Wildman–Crippen MR) is 82.7 cm³/mol. The maximum Gasteiger partial charge on any atom is 0.225 e. The van der Waals surface area contributed by atoms with Gasteiger partial charge in [0.2, 0.25) is 5.91 Å². The number of aromatic nitrogens is 2. The molecule has 2 aromatic rings. The van der Waals surface area contributed by atoms with Crippen molar-refractivity contribution >= 4 is 16.9 Å². The van der Waals surface area contributed by atoms with Crippen LogP contribution in [-0.4, -0.2) is 45.1 Å². The summed E-state index contributed by atoms with van der Waals surface area (Å²) in [4.78, 5) is 22.9.